The number of pyridine rings is 1. The third kappa shape index (κ3) is 2.91. The fourth-order valence-electron chi connectivity index (χ4n) is 1.84. The normalized spacial score (nSPS) is 12.6. The summed E-state index contributed by atoms with van der Waals surface area (Å²) in [5.74, 6) is 0.740. The van der Waals surface area contributed by atoms with E-state index in [2.05, 4.69) is 16.9 Å². The Morgan fingerprint density at radius 3 is 2.76 bits per heavy atom. The molecule has 0 aliphatic rings. The van der Waals surface area contributed by atoms with Crippen molar-refractivity contribution in [3.8, 4) is 0 Å². The molecule has 0 saturated carbocycles. The highest BCUT2D eigenvalue weighted by Crippen LogP contribution is 2.17. The number of hydrogen-bond acceptors (Lipinski definition) is 3. The Balaban J connectivity index is 2.14. The van der Waals surface area contributed by atoms with E-state index in [1.807, 2.05) is 22.9 Å². The summed E-state index contributed by atoms with van der Waals surface area (Å²) in [7, 11) is 0. The zero-order valence-electron chi connectivity index (χ0n) is 9.95. The first-order valence-electron chi connectivity index (χ1n) is 5.89. The van der Waals surface area contributed by atoms with Crippen LogP contribution in [-0.4, -0.2) is 19.6 Å². The highest BCUT2D eigenvalue weighted by molar-refractivity contribution is 5.12. The predicted octanol–water partition coefficient (Wildman–Crippen LogP) is 2.16. The smallest absolute Gasteiger partial charge is 0.137 e. The van der Waals surface area contributed by atoms with Crippen molar-refractivity contribution in [1.29, 1.82) is 0 Å². The summed E-state index contributed by atoms with van der Waals surface area (Å²) in [6, 6.07) is 3.94. The van der Waals surface area contributed by atoms with Crippen LogP contribution in [0.1, 0.15) is 37.3 Å². The van der Waals surface area contributed by atoms with Crippen molar-refractivity contribution in [1.82, 2.24) is 14.5 Å². The lowest BCUT2D eigenvalue weighted by atomic mass is 10.2. The van der Waals surface area contributed by atoms with E-state index in [1.54, 1.807) is 18.6 Å². The maximum atomic E-state index is 9.97. The van der Waals surface area contributed by atoms with Gasteiger partial charge in [-0.15, -0.1) is 0 Å². The van der Waals surface area contributed by atoms with E-state index in [1.165, 1.54) is 0 Å². The van der Waals surface area contributed by atoms with Crippen LogP contribution in [0, 0.1) is 0 Å². The fourth-order valence-corrected chi connectivity index (χ4v) is 1.84. The Morgan fingerprint density at radius 2 is 2.06 bits per heavy atom. The topological polar surface area (TPSA) is 50.9 Å². The van der Waals surface area contributed by atoms with E-state index in [9.17, 15) is 5.11 Å². The van der Waals surface area contributed by atoms with Crippen molar-refractivity contribution in [3.05, 3.63) is 48.3 Å². The molecule has 0 spiro atoms. The van der Waals surface area contributed by atoms with Crippen LogP contribution in [0.25, 0.3) is 0 Å². The molecule has 1 atom stereocenters. The SMILES string of the molecule is CCCC(O)c1nccn1Cc1ccncc1. The molecule has 17 heavy (non-hydrogen) atoms. The summed E-state index contributed by atoms with van der Waals surface area (Å²) in [6.45, 7) is 2.78. The van der Waals surface area contributed by atoms with Crippen molar-refractivity contribution in [2.24, 2.45) is 0 Å². The van der Waals surface area contributed by atoms with Gasteiger partial charge in [-0.05, 0) is 24.1 Å². The number of imidazole rings is 1. The van der Waals surface area contributed by atoms with Crippen molar-refractivity contribution >= 4 is 0 Å². The van der Waals surface area contributed by atoms with Crippen LogP contribution in [0.15, 0.2) is 36.9 Å². The van der Waals surface area contributed by atoms with Gasteiger partial charge in [0.25, 0.3) is 0 Å². The molecule has 0 aliphatic carbocycles. The minimum Gasteiger partial charge on any atom is -0.385 e. The molecule has 0 fully saturated rings. The van der Waals surface area contributed by atoms with Crippen molar-refractivity contribution in [2.75, 3.05) is 0 Å². The van der Waals surface area contributed by atoms with Crippen LogP contribution in [0.3, 0.4) is 0 Å². The van der Waals surface area contributed by atoms with Gasteiger partial charge in [0, 0.05) is 31.3 Å². The second kappa shape index (κ2) is 5.59. The van der Waals surface area contributed by atoms with Gasteiger partial charge in [-0.2, -0.15) is 0 Å². The molecule has 1 N–H and O–H groups in total. The first kappa shape index (κ1) is 11.8. The Morgan fingerprint density at radius 1 is 1.29 bits per heavy atom. The summed E-state index contributed by atoms with van der Waals surface area (Å²) in [5, 5.41) is 9.97. The van der Waals surface area contributed by atoms with E-state index < -0.39 is 6.10 Å². The molecule has 0 bridgehead atoms. The summed E-state index contributed by atoms with van der Waals surface area (Å²) < 4.78 is 1.98. The summed E-state index contributed by atoms with van der Waals surface area (Å²) in [5.41, 5.74) is 1.16. The quantitative estimate of drug-likeness (QED) is 0.858. The highest BCUT2D eigenvalue weighted by Gasteiger charge is 2.12. The van der Waals surface area contributed by atoms with E-state index >= 15 is 0 Å². The van der Waals surface area contributed by atoms with Crippen LogP contribution in [-0.2, 0) is 6.54 Å². The van der Waals surface area contributed by atoms with E-state index in [0.717, 1.165) is 30.8 Å². The largest absolute Gasteiger partial charge is 0.385 e. The Hall–Kier alpha value is -1.68. The maximum absolute atomic E-state index is 9.97. The van der Waals surface area contributed by atoms with Gasteiger partial charge in [-0.1, -0.05) is 13.3 Å². The molecule has 2 heterocycles. The molecule has 90 valence electrons. The number of aromatic nitrogens is 3. The molecule has 0 aliphatic heterocycles. The van der Waals surface area contributed by atoms with Crippen LogP contribution >= 0.6 is 0 Å². The van der Waals surface area contributed by atoms with Crippen molar-refractivity contribution in [3.63, 3.8) is 0 Å². The highest BCUT2D eigenvalue weighted by atomic mass is 16.3. The van der Waals surface area contributed by atoms with Crippen LogP contribution < -0.4 is 0 Å². The number of hydrogen-bond donors (Lipinski definition) is 1. The summed E-state index contributed by atoms with van der Waals surface area (Å²) >= 11 is 0. The van der Waals surface area contributed by atoms with E-state index in [0.29, 0.717) is 0 Å². The lowest BCUT2D eigenvalue weighted by Crippen LogP contribution is -2.09. The molecule has 0 saturated heterocycles. The average molecular weight is 231 g/mol. The Kier molecular flexibility index (Phi) is 3.88. The van der Waals surface area contributed by atoms with E-state index in [-0.39, 0.29) is 0 Å². The minimum atomic E-state index is -0.475. The summed E-state index contributed by atoms with van der Waals surface area (Å²) in [4.78, 5) is 8.22. The molecular formula is C13H17N3O. The van der Waals surface area contributed by atoms with Gasteiger partial charge in [0.05, 0.1) is 0 Å². The van der Waals surface area contributed by atoms with Gasteiger partial charge < -0.3 is 9.67 Å². The van der Waals surface area contributed by atoms with Gasteiger partial charge in [0.15, 0.2) is 0 Å². The number of rotatable bonds is 5. The molecular weight excluding hydrogens is 214 g/mol. The number of aliphatic hydroxyl groups excluding tert-OH is 1. The van der Waals surface area contributed by atoms with Crippen LogP contribution in [0.4, 0.5) is 0 Å². The number of nitrogens with zero attached hydrogens (tertiary/aromatic N) is 3. The zero-order valence-corrected chi connectivity index (χ0v) is 9.95. The minimum absolute atomic E-state index is 0.475. The second-order valence-corrected chi connectivity index (χ2v) is 4.07. The molecule has 2 rings (SSSR count). The molecule has 4 nitrogen and oxygen atoms in total. The molecule has 4 heteroatoms. The molecule has 0 amide bonds. The molecule has 0 radical (unpaired) electrons. The monoisotopic (exact) mass is 231 g/mol. The lowest BCUT2D eigenvalue weighted by molar-refractivity contribution is 0.152. The van der Waals surface area contributed by atoms with Crippen LogP contribution in [0.2, 0.25) is 0 Å². The van der Waals surface area contributed by atoms with Crippen LogP contribution in [0.5, 0.6) is 0 Å². The molecule has 1 unspecified atom stereocenters. The van der Waals surface area contributed by atoms with Gasteiger partial charge in [0.2, 0.25) is 0 Å². The standard InChI is InChI=1S/C13H17N3O/c1-2-3-12(17)13-15-8-9-16(13)10-11-4-6-14-7-5-11/h4-9,12,17H,2-3,10H2,1H3. The lowest BCUT2D eigenvalue weighted by Gasteiger charge is -2.12. The third-order valence-corrected chi connectivity index (χ3v) is 2.71. The van der Waals surface area contributed by atoms with Gasteiger partial charge in [-0.3, -0.25) is 4.98 Å². The average Bonchev–Trinajstić information content (AvgIpc) is 2.79. The fraction of sp³-hybridized carbons (Fsp3) is 0.385. The second-order valence-electron chi connectivity index (χ2n) is 4.07. The molecule has 2 aromatic heterocycles. The Labute approximate surface area is 101 Å². The maximum Gasteiger partial charge on any atom is 0.137 e. The first-order chi connectivity index (χ1) is 8.31. The van der Waals surface area contributed by atoms with Gasteiger partial charge >= 0.3 is 0 Å². The molecule has 2 aromatic rings. The van der Waals surface area contributed by atoms with Gasteiger partial charge in [0.1, 0.15) is 11.9 Å². The predicted molar refractivity (Wildman–Crippen MR) is 65.4 cm³/mol. The number of aliphatic hydroxyl groups is 1. The summed E-state index contributed by atoms with van der Waals surface area (Å²) in [6.07, 6.45) is 8.39. The van der Waals surface area contributed by atoms with E-state index in [4.69, 9.17) is 0 Å². The van der Waals surface area contributed by atoms with Gasteiger partial charge in [-0.25, -0.2) is 4.98 Å². The van der Waals surface area contributed by atoms with Crippen molar-refractivity contribution in [2.45, 2.75) is 32.4 Å². The molecule has 0 aromatic carbocycles. The first-order valence-corrected chi connectivity index (χ1v) is 5.89. The third-order valence-electron chi connectivity index (χ3n) is 2.71. The van der Waals surface area contributed by atoms with Crippen molar-refractivity contribution < 1.29 is 5.11 Å². The zero-order chi connectivity index (χ0) is 12.1. The Bertz CT molecular complexity index is 453.